The van der Waals surface area contributed by atoms with E-state index in [9.17, 15) is 94.5 Å². The van der Waals surface area contributed by atoms with Gasteiger partial charge in [0.2, 0.25) is 0 Å². The van der Waals surface area contributed by atoms with Crippen molar-refractivity contribution in [1.82, 2.24) is 14.2 Å². The fourth-order valence-electron chi connectivity index (χ4n) is 5.64. The van der Waals surface area contributed by atoms with Crippen molar-refractivity contribution in [2.75, 3.05) is 26.4 Å². The average molecular weight is 1040 g/mol. The Hall–Kier alpha value is -1.71. The van der Waals surface area contributed by atoms with Crippen LogP contribution in [0.5, 0.6) is 0 Å². The third-order valence-electron chi connectivity index (χ3n) is 7.95. The minimum Gasteiger partial charge on any atom is -0.479 e. The molecule has 62 heavy (non-hydrogen) atoms. The summed E-state index contributed by atoms with van der Waals surface area (Å²) in [6.07, 6.45) is -34.1. The van der Waals surface area contributed by atoms with E-state index in [4.69, 9.17) is 42.1 Å². The number of aliphatic hydroxyl groups excluding tert-OH is 4. The zero-order chi connectivity index (χ0) is 47.6. The normalized spacial score (nSPS) is 35.7. The number of hydrogen-bond acceptors (Lipinski definition) is 26. The molecule has 0 aromatic heterocycles. The van der Waals surface area contributed by atoms with E-state index in [0.29, 0.717) is 0 Å². The Bertz CT molecular complexity index is 2220. The summed E-state index contributed by atoms with van der Waals surface area (Å²) in [7, 11) is -32.6. The summed E-state index contributed by atoms with van der Waals surface area (Å²) in [4.78, 5) is 12.5. The predicted octanol–water partition coefficient (Wildman–Crippen LogP) is -9.78. The summed E-state index contributed by atoms with van der Waals surface area (Å²) in [5, 5.41) is 53.7. The molecule has 15 atom stereocenters. The molecular weight excluding hydrogens is 1000 g/mol. The van der Waals surface area contributed by atoms with Gasteiger partial charge in [-0.05, 0) is 0 Å². The zero-order valence-electron chi connectivity index (χ0n) is 29.8. The van der Waals surface area contributed by atoms with Gasteiger partial charge in [0.25, 0.3) is 0 Å². The molecule has 0 spiro atoms. The van der Waals surface area contributed by atoms with Crippen molar-refractivity contribution in [2.45, 2.75) is 92.0 Å². The first-order valence-electron chi connectivity index (χ1n) is 15.9. The largest absolute Gasteiger partial charge is 0.479 e. The first-order valence-corrected chi connectivity index (χ1v) is 24.3. The molecule has 0 aromatic rings. The highest BCUT2D eigenvalue weighted by atomic mass is 32.3. The van der Waals surface area contributed by atoms with Gasteiger partial charge in [-0.15, -0.1) is 0 Å². The van der Waals surface area contributed by atoms with E-state index >= 15 is 0 Å². The maximum Gasteiger partial charge on any atom is 0.397 e. The molecule has 3 fully saturated rings. The van der Waals surface area contributed by atoms with Crippen molar-refractivity contribution in [3.63, 3.8) is 0 Å². The predicted molar refractivity (Wildman–Crippen MR) is 181 cm³/mol. The minimum absolute atomic E-state index is 0.834. The van der Waals surface area contributed by atoms with Crippen molar-refractivity contribution < 1.29 is 149 Å². The Labute approximate surface area is 348 Å². The Morgan fingerprint density at radius 1 is 0.532 bits per heavy atom. The summed E-state index contributed by atoms with van der Waals surface area (Å²) >= 11 is 0. The number of carboxylic acid groups (broad SMARTS) is 1. The number of ether oxygens (including phenoxy) is 6. The Balaban J connectivity index is 2.09. The van der Waals surface area contributed by atoms with Gasteiger partial charge in [-0.3, -0.25) is 27.3 Å². The summed E-state index contributed by atoms with van der Waals surface area (Å²) in [5.74, 6) is -2.28. The first-order chi connectivity index (χ1) is 28.0. The first kappa shape index (κ1) is 54.6. The lowest BCUT2D eigenvalue weighted by Gasteiger charge is -2.48. The Morgan fingerprint density at radius 2 is 1.02 bits per heavy atom. The molecule has 366 valence electrons. The van der Waals surface area contributed by atoms with Gasteiger partial charge in [0.15, 0.2) is 31.1 Å². The fourth-order valence-corrected chi connectivity index (χ4v) is 8.26. The molecule has 3 heterocycles. The van der Waals surface area contributed by atoms with Crippen LogP contribution < -0.4 is 14.2 Å². The van der Waals surface area contributed by atoms with Crippen molar-refractivity contribution in [3.8, 4) is 0 Å². The molecule has 3 aliphatic heterocycles. The van der Waals surface area contributed by atoms with Gasteiger partial charge in [-0.1, -0.05) is 0 Å². The molecule has 3 aliphatic rings. The molecule has 0 aromatic carbocycles. The lowest BCUT2D eigenvalue weighted by atomic mass is 9.95. The van der Waals surface area contributed by atoms with E-state index < -0.39 is 186 Å². The number of nitrogens with one attached hydrogen (secondary N) is 3. The molecule has 36 nitrogen and oxygen atoms in total. The Kier molecular flexibility index (Phi) is 18.4. The molecule has 0 radical (unpaired) electrons. The third kappa shape index (κ3) is 17.3. The highest BCUT2D eigenvalue weighted by Gasteiger charge is 2.58. The summed E-state index contributed by atoms with van der Waals surface area (Å²) < 4.78 is 242. The standard InChI is InChI=1S/C20H37N3O33S6/c24-9-5(3-49-60(39,40)41)51-19(7(10(9)25)22-58(33,34)35)54-14-12(27)15(56-62(45,46)47)20(55-16(14)17(28)29)53-13-6(4-50-61(42,43)44)52-18(48-2-1-21-57(30,31)32)8(11(13)26)23-59(36,37)38/h5-16,18-27H,1-4H2,(H,28,29)(H,30,31,32)(H,33,34,35)(H,36,37,38)(H,39,40,41)(H,42,43,44)(H,45,46,47)/t5-,6-,7-,8-,9-,10-,11-,12+,13-,14+,15-,16+,18+,19-,20-/m1/s1. The molecule has 3 rings (SSSR count). The summed E-state index contributed by atoms with van der Waals surface area (Å²) in [5.41, 5.74) is 0. The lowest BCUT2D eigenvalue weighted by Crippen LogP contribution is -2.70. The van der Waals surface area contributed by atoms with Gasteiger partial charge in [-0.2, -0.15) is 64.7 Å². The summed E-state index contributed by atoms with van der Waals surface area (Å²) in [6.45, 7) is -4.70. The number of aliphatic hydroxyl groups is 4. The molecule has 0 amide bonds. The van der Waals surface area contributed by atoms with Crippen LogP contribution in [-0.4, -0.2) is 228 Å². The smallest absolute Gasteiger partial charge is 0.397 e. The molecular formula is C20H37N3O33S6. The highest BCUT2D eigenvalue weighted by Crippen LogP contribution is 2.35. The van der Waals surface area contributed by atoms with Crippen molar-refractivity contribution in [2.24, 2.45) is 0 Å². The number of carboxylic acids is 1. The van der Waals surface area contributed by atoms with E-state index in [1.54, 1.807) is 0 Å². The molecule has 0 bridgehead atoms. The van der Waals surface area contributed by atoms with E-state index in [1.807, 2.05) is 0 Å². The SMILES string of the molecule is O=C(O)[C@H]1O[C@@H](O[C@H]2[C@H](O)[C@@H](NS(=O)(=O)O)[C@@H](OCCNS(=O)(=O)O)O[C@@H]2COS(=O)(=O)O)[C@H](OS(=O)(=O)O)[C@@H](O)[C@@H]1O[C@H]1O[C@H](COS(=O)(=O)O)[C@@H](O)[C@H](O)[C@H]1NS(=O)(=O)O. The summed E-state index contributed by atoms with van der Waals surface area (Å²) in [6, 6.07) is -4.90. The quantitative estimate of drug-likeness (QED) is 0.0354. The van der Waals surface area contributed by atoms with Crippen LogP contribution in [0.4, 0.5) is 0 Å². The number of aliphatic carboxylic acids is 1. The van der Waals surface area contributed by atoms with Gasteiger partial charge < -0.3 is 54.0 Å². The minimum atomic E-state index is -5.92. The second kappa shape index (κ2) is 20.9. The van der Waals surface area contributed by atoms with Gasteiger partial charge in [-0.25, -0.2) is 17.3 Å². The van der Waals surface area contributed by atoms with Crippen LogP contribution in [0.3, 0.4) is 0 Å². The number of carbonyl (C=O) groups is 1. The Morgan fingerprint density at radius 3 is 1.48 bits per heavy atom. The maximum absolute atomic E-state index is 12.5. The van der Waals surface area contributed by atoms with E-state index in [2.05, 4.69) is 12.5 Å². The van der Waals surface area contributed by atoms with Crippen LogP contribution in [-0.2, 0) is 108 Å². The van der Waals surface area contributed by atoms with Crippen LogP contribution >= 0.6 is 0 Å². The third-order valence-corrected chi connectivity index (χ3v) is 11.0. The van der Waals surface area contributed by atoms with Gasteiger partial charge in [0.1, 0.15) is 60.9 Å². The number of rotatable bonds is 22. The van der Waals surface area contributed by atoms with Crippen LogP contribution in [0.2, 0.25) is 0 Å². The van der Waals surface area contributed by atoms with E-state index in [-0.39, 0.29) is 0 Å². The zero-order valence-corrected chi connectivity index (χ0v) is 34.7. The van der Waals surface area contributed by atoms with Crippen molar-refractivity contribution in [1.29, 1.82) is 0 Å². The van der Waals surface area contributed by atoms with E-state index in [1.165, 1.54) is 14.2 Å². The highest BCUT2D eigenvalue weighted by molar-refractivity contribution is 7.84. The van der Waals surface area contributed by atoms with Crippen molar-refractivity contribution >= 4 is 68.1 Å². The molecule has 0 saturated carbocycles. The fraction of sp³-hybridized carbons (Fsp3) is 0.950. The van der Waals surface area contributed by atoms with Crippen LogP contribution in [0.25, 0.3) is 0 Å². The molecule has 42 heteroatoms. The molecule has 0 unspecified atom stereocenters. The van der Waals surface area contributed by atoms with Gasteiger partial charge >= 0.3 is 68.1 Å². The van der Waals surface area contributed by atoms with Gasteiger partial charge in [0.05, 0.1) is 19.8 Å². The van der Waals surface area contributed by atoms with Crippen molar-refractivity contribution in [3.05, 3.63) is 0 Å². The maximum atomic E-state index is 12.5. The van der Waals surface area contributed by atoms with Crippen LogP contribution in [0.1, 0.15) is 0 Å². The van der Waals surface area contributed by atoms with Crippen LogP contribution in [0.15, 0.2) is 0 Å². The van der Waals surface area contributed by atoms with E-state index in [0.717, 1.165) is 0 Å². The molecule has 14 N–H and O–H groups in total. The monoisotopic (exact) mass is 1040 g/mol. The lowest BCUT2D eigenvalue weighted by molar-refractivity contribution is -0.359. The average Bonchev–Trinajstić information content (AvgIpc) is 3.07. The second-order valence-electron chi connectivity index (χ2n) is 12.4. The van der Waals surface area contributed by atoms with Crippen LogP contribution in [0, 0.1) is 0 Å². The second-order valence-corrected chi connectivity index (χ2v) is 19.2. The molecule has 3 saturated heterocycles. The van der Waals surface area contributed by atoms with Gasteiger partial charge in [0, 0.05) is 6.54 Å². The number of hydrogen-bond donors (Lipinski definition) is 14. The molecule has 0 aliphatic carbocycles. The topological polar surface area (TPSA) is 564 Å².